The summed E-state index contributed by atoms with van der Waals surface area (Å²) in [7, 11) is 3.25. The van der Waals surface area contributed by atoms with Gasteiger partial charge in [-0.15, -0.1) is 11.8 Å². The van der Waals surface area contributed by atoms with Crippen molar-refractivity contribution in [3.63, 3.8) is 0 Å². The van der Waals surface area contributed by atoms with E-state index < -0.39 is 0 Å². The molecule has 1 atom stereocenters. The number of thioether (sulfide) groups is 1. The van der Waals surface area contributed by atoms with Crippen LogP contribution >= 0.6 is 11.8 Å². The summed E-state index contributed by atoms with van der Waals surface area (Å²) in [4.78, 5) is 16.8. The molecule has 8 heteroatoms. The van der Waals surface area contributed by atoms with E-state index in [4.69, 9.17) is 9.47 Å². The molecule has 1 aliphatic rings. The van der Waals surface area contributed by atoms with Crippen molar-refractivity contribution in [2.75, 3.05) is 25.3 Å². The van der Waals surface area contributed by atoms with Crippen LogP contribution in [-0.2, 0) is 4.79 Å². The molecular weight excluding hydrogens is 376 g/mol. The minimum atomic E-state index is -0.118. The molecule has 1 amide bonds. The lowest BCUT2D eigenvalue weighted by molar-refractivity contribution is -0.113. The first-order chi connectivity index (χ1) is 13.6. The number of rotatable bonds is 4. The maximum absolute atomic E-state index is 12.4. The summed E-state index contributed by atoms with van der Waals surface area (Å²) >= 11 is 1.55. The van der Waals surface area contributed by atoms with Gasteiger partial charge in [0.15, 0.2) is 5.82 Å². The van der Waals surface area contributed by atoms with Gasteiger partial charge < -0.3 is 14.8 Å². The average Bonchev–Trinajstić information content (AvgIpc) is 2.93. The van der Waals surface area contributed by atoms with Gasteiger partial charge in [-0.3, -0.25) is 4.79 Å². The monoisotopic (exact) mass is 396 g/mol. The Bertz CT molecular complexity index is 1020. The number of aromatic nitrogens is 3. The molecule has 0 unspecified atom stereocenters. The average molecular weight is 396 g/mol. The molecule has 3 aromatic rings. The van der Waals surface area contributed by atoms with Gasteiger partial charge in [-0.25, -0.2) is 4.98 Å². The Labute approximate surface area is 167 Å². The lowest BCUT2D eigenvalue weighted by Crippen LogP contribution is -2.16. The Hall–Kier alpha value is -3.00. The second-order valence-corrected chi connectivity index (χ2v) is 7.39. The van der Waals surface area contributed by atoms with E-state index >= 15 is 0 Å². The van der Waals surface area contributed by atoms with Gasteiger partial charge in [-0.05, 0) is 25.1 Å². The van der Waals surface area contributed by atoms with E-state index in [0.29, 0.717) is 23.1 Å². The van der Waals surface area contributed by atoms with Gasteiger partial charge in [0.05, 0.1) is 30.9 Å². The fourth-order valence-electron chi connectivity index (χ4n) is 3.31. The lowest BCUT2D eigenvalue weighted by atomic mass is 10.0. The maximum Gasteiger partial charge on any atom is 0.235 e. The summed E-state index contributed by atoms with van der Waals surface area (Å²) in [6.07, 6.45) is 1.70. The number of nitrogens with zero attached hydrogens (tertiary/aromatic N) is 3. The lowest BCUT2D eigenvalue weighted by Gasteiger charge is -2.19. The summed E-state index contributed by atoms with van der Waals surface area (Å²) in [6, 6.07) is 11.3. The number of benzene rings is 1. The van der Waals surface area contributed by atoms with Crippen molar-refractivity contribution < 1.29 is 14.3 Å². The molecule has 28 heavy (non-hydrogen) atoms. The second-order valence-electron chi connectivity index (χ2n) is 6.29. The Morgan fingerprint density at radius 1 is 1.21 bits per heavy atom. The fraction of sp³-hybridized carbons (Fsp3) is 0.250. The van der Waals surface area contributed by atoms with E-state index in [1.54, 1.807) is 36.9 Å². The Kier molecular flexibility index (Phi) is 4.95. The zero-order valence-electron chi connectivity index (χ0n) is 15.8. The molecule has 0 saturated heterocycles. The summed E-state index contributed by atoms with van der Waals surface area (Å²) in [5, 5.41) is 7.55. The molecule has 0 aliphatic carbocycles. The summed E-state index contributed by atoms with van der Waals surface area (Å²) in [5.41, 5.74) is 2.75. The first kappa shape index (κ1) is 18.4. The Balaban J connectivity index is 1.89. The van der Waals surface area contributed by atoms with Crippen molar-refractivity contribution in [1.29, 1.82) is 0 Å². The van der Waals surface area contributed by atoms with Crippen molar-refractivity contribution in [3.8, 4) is 17.3 Å². The highest BCUT2D eigenvalue weighted by atomic mass is 32.2. The number of hydrogen-bond acceptors (Lipinski definition) is 6. The number of carbonyl (C=O) groups excluding carboxylic acids is 1. The Morgan fingerprint density at radius 3 is 2.79 bits per heavy atom. The number of carbonyl (C=O) groups is 1. The molecule has 1 aliphatic heterocycles. The number of amides is 1. The van der Waals surface area contributed by atoms with E-state index in [1.807, 2.05) is 43.3 Å². The molecule has 0 radical (unpaired) electrons. The topological polar surface area (TPSA) is 78.3 Å². The van der Waals surface area contributed by atoms with E-state index in [-0.39, 0.29) is 11.2 Å². The number of pyridine rings is 1. The molecule has 7 nitrogen and oxygen atoms in total. The van der Waals surface area contributed by atoms with Gasteiger partial charge in [0.1, 0.15) is 17.3 Å². The molecule has 144 valence electrons. The van der Waals surface area contributed by atoms with Crippen LogP contribution in [0.15, 0.2) is 42.6 Å². The van der Waals surface area contributed by atoms with E-state index in [1.165, 1.54) is 0 Å². The minimum absolute atomic E-state index is 0.0710. The van der Waals surface area contributed by atoms with Gasteiger partial charge in [0.25, 0.3) is 0 Å². The maximum atomic E-state index is 12.4. The molecule has 1 N–H and O–H groups in total. The highest BCUT2D eigenvalue weighted by molar-refractivity contribution is 8.00. The van der Waals surface area contributed by atoms with Gasteiger partial charge in [0, 0.05) is 23.4 Å². The van der Waals surface area contributed by atoms with Crippen LogP contribution in [0.2, 0.25) is 0 Å². The number of aryl methyl sites for hydroxylation is 1. The molecule has 4 rings (SSSR count). The van der Waals surface area contributed by atoms with Crippen LogP contribution in [0, 0.1) is 6.92 Å². The third kappa shape index (κ3) is 3.20. The van der Waals surface area contributed by atoms with Gasteiger partial charge >= 0.3 is 0 Å². The predicted molar refractivity (Wildman–Crippen MR) is 109 cm³/mol. The van der Waals surface area contributed by atoms with Crippen LogP contribution in [0.5, 0.6) is 11.5 Å². The minimum Gasteiger partial charge on any atom is -0.497 e. The number of methoxy groups -OCH3 is 2. The molecule has 0 spiro atoms. The summed E-state index contributed by atoms with van der Waals surface area (Å²) in [6.45, 7) is 1.94. The van der Waals surface area contributed by atoms with Crippen molar-refractivity contribution in [1.82, 2.24) is 14.8 Å². The van der Waals surface area contributed by atoms with Gasteiger partial charge in [-0.2, -0.15) is 9.78 Å². The third-order valence-corrected chi connectivity index (χ3v) is 5.85. The first-order valence-corrected chi connectivity index (χ1v) is 9.81. The zero-order chi connectivity index (χ0) is 19.7. The summed E-state index contributed by atoms with van der Waals surface area (Å²) in [5.74, 6) is 2.99. The quantitative estimate of drug-likeness (QED) is 0.729. The fourth-order valence-corrected chi connectivity index (χ4v) is 4.52. The van der Waals surface area contributed by atoms with Crippen molar-refractivity contribution >= 4 is 23.5 Å². The first-order valence-electron chi connectivity index (χ1n) is 8.76. The van der Waals surface area contributed by atoms with Gasteiger partial charge in [-0.1, -0.05) is 12.1 Å². The molecule has 2 aromatic heterocycles. The number of anilines is 1. The zero-order valence-corrected chi connectivity index (χ0v) is 16.6. The normalized spacial score (nSPS) is 16.1. The molecule has 3 heterocycles. The van der Waals surface area contributed by atoms with Crippen LogP contribution in [0.3, 0.4) is 0 Å². The van der Waals surface area contributed by atoms with Gasteiger partial charge in [0.2, 0.25) is 5.91 Å². The Morgan fingerprint density at radius 2 is 2.07 bits per heavy atom. The summed E-state index contributed by atoms with van der Waals surface area (Å²) < 4.78 is 12.6. The second kappa shape index (κ2) is 7.55. The van der Waals surface area contributed by atoms with Crippen molar-refractivity contribution in [3.05, 3.63) is 59.4 Å². The van der Waals surface area contributed by atoms with Crippen LogP contribution < -0.4 is 14.8 Å². The molecule has 0 saturated carbocycles. The third-order valence-electron chi connectivity index (χ3n) is 4.60. The number of nitrogens with one attached hydrogen (secondary N) is 1. The smallest absolute Gasteiger partial charge is 0.235 e. The molecule has 0 fully saturated rings. The molecular formula is C20H20N4O3S. The van der Waals surface area contributed by atoms with Crippen molar-refractivity contribution in [2.45, 2.75) is 12.2 Å². The number of fused-ring (bicyclic) bond motifs is 1. The van der Waals surface area contributed by atoms with Crippen LogP contribution in [0.25, 0.3) is 5.82 Å². The van der Waals surface area contributed by atoms with Crippen LogP contribution in [0.4, 0.5) is 5.82 Å². The standard InChI is InChI=1S/C20H20N4O3S/c1-12-18-19(14-8-7-13(26-2)10-15(14)27-3)28-11-17(25)22-20(18)24(23-12)16-6-4-5-9-21-16/h4-10,19H,11H2,1-3H3,(H,22,25)/t19-/m1/s1. The molecule has 1 aromatic carbocycles. The van der Waals surface area contributed by atoms with Crippen LogP contribution in [0.1, 0.15) is 22.1 Å². The number of hydrogen-bond donors (Lipinski definition) is 1. The largest absolute Gasteiger partial charge is 0.497 e. The highest BCUT2D eigenvalue weighted by Gasteiger charge is 2.32. The highest BCUT2D eigenvalue weighted by Crippen LogP contribution is 2.47. The SMILES string of the molecule is COc1ccc([C@H]2SCC(=O)Nc3c2c(C)nn3-c2ccccn2)c(OC)c1. The predicted octanol–water partition coefficient (Wildman–Crippen LogP) is 3.37. The number of ether oxygens (including phenoxy) is 2. The van der Waals surface area contributed by atoms with Crippen LogP contribution in [-0.4, -0.2) is 40.6 Å². The molecule has 0 bridgehead atoms. The van der Waals surface area contributed by atoms with Crippen molar-refractivity contribution in [2.24, 2.45) is 0 Å². The van der Waals surface area contributed by atoms with E-state index in [9.17, 15) is 4.79 Å². The van der Waals surface area contributed by atoms with E-state index in [0.717, 1.165) is 22.6 Å². The van der Waals surface area contributed by atoms with E-state index in [2.05, 4.69) is 15.4 Å².